The molecule has 0 aromatic heterocycles. The van der Waals surface area contributed by atoms with Gasteiger partial charge in [-0.1, -0.05) is 48.0 Å². The van der Waals surface area contributed by atoms with E-state index in [2.05, 4.69) is 0 Å². The fourth-order valence-electron chi connectivity index (χ4n) is 4.51. The number of carbonyl (C=O) groups is 1. The lowest BCUT2D eigenvalue weighted by atomic mass is 9.70. The largest absolute Gasteiger partial charge is 0.302 e. The van der Waals surface area contributed by atoms with E-state index < -0.39 is 15.4 Å². The van der Waals surface area contributed by atoms with Gasteiger partial charge in [-0.05, 0) is 43.9 Å². The maximum Gasteiger partial charge on any atom is 0.243 e. The zero-order valence-electron chi connectivity index (χ0n) is 14.1. The Bertz CT molecular complexity index is 892. The smallest absolute Gasteiger partial charge is 0.243 e. The third-order valence-corrected chi connectivity index (χ3v) is 7.70. The van der Waals surface area contributed by atoms with Gasteiger partial charge in [0.1, 0.15) is 6.29 Å². The minimum atomic E-state index is -3.61. The van der Waals surface area contributed by atoms with E-state index in [-0.39, 0.29) is 12.1 Å². The normalized spacial score (nSPS) is 29.0. The lowest BCUT2D eigenvalue weighted by molar-refractivity contribution is -0.113. The first-order valence-corrected chi connectivity index (χ1v) is 10.0. The molecule has 130 valence electrons. The first-order valence-electron chi connectivity index (χ1n) is 8.61. The predicted octanol–water partition coefficient (Wildman–Crippen LogP) is 3.06. The van der Waals surface area contributed by atoms with Crippen molar-refractivity contribution in [3.63, 3.8) is 0 Å². The van der Waals surface area contributed by atoms with Crippen molar-refractivity contribution in [1.82, 2.24) is 4.31 Å². The van der Waals surface area contributed by atoms with E-state index >= 15 is 0 Å². The first kappa shape index (κ1) is 16.5. The third kappa shape index (κ3) is 2.37. The van der Waals surface area contributed by atoms with Gasteiger partial charge < -0.3 is 4.79 Å². The summed E-state index contributed by atoms with van der Waals surface area (Å²) >= 11 is 0. The van der Waals surface area contributed by atoms with Crippen molar-refractivity contribution in [3.05, 3.63) is 65.7 Å². The first-order chi connectivity index (χ1) is 12.0. The molecule has 3 atom stereocenters. The average Bonchev–Trinajstić information content (AvgIpc) is 3.20. The van der Waals surface area contributed by atoms with E-state index in [1.807, 2.05) is 49.4 Å². The molecule has 2 aromatic carbocycles. The molecule has 0 spiro atoms. The van der Waals surface area contributed by atoms with Crippen LogP contribution in [0, 0.1) is 6.92 Å². The highest BCUT2D eigenvalue weighted by atomic mass is 32.2. The molecule has 4 nitrogen and oxygen atoms in total. The highest BCUT2D eigenvalue weighted by Crippen LogP contribution is 2.52. The molecule has 0 aliphatic carbocycles. The van der Waals surface area contributed by atoms with Crippen LogP contribution in [-0.4, -0.2) is 31.1 Å². The molecule has 2 aliphatic rings. The zero-order chi connectivity index (χ0) is 17.7. The van der Waals surface area contributed by atoms with Crippen molar-refractivity contribution in [2.45, 2.75) is 48.6 Å². The summed E-state index contributed by atoms with van der Waals surface area (Å²) in [5.74, 6) is 0. The minimum absolute atomic E-state index is 0.110. The van der Waals surface area contributed by atoms with Crippen molar-refractivity contribution < 1.29 is 13.2 Å². The standard InChI is InChI=1S/C20H21NO3S/c1-15-7-10-18(11-8-15)25(23,24)21-17-9-12-19(21)20(13-17,14-22)16-5-3-2-4-6-16/h2-8,10-11,14,17,19H,9,12-13H2,1H3/t17-,19+,20+/m0/s1. The summed E-state index contributed by atoms with van der Waals surface area (Å²) in [5, 5.41) is 0. The molecule has 0 radical (unpaired) electrons. The van der Waals surface area contributed by atoms with Gasteiger partial charge in [0.25, 0.3) is 0 Å². The zero-order valence-corrected chi connectivity index (χ0v) is 14.9. The van der Waals surface area contributed by atoms with Crippen molar-refractivity contribution in [2.75, 3.05) is 0 Å². The summed E-state index contributed by atoms with van der Waals surface area (Å²) in [6.07, 6.45) is 3.08. The Morgan fingerprint density at radius 3 is 2.36 bits per heavy atom. The van der Waals surface area contributed by atoms with Crippen LogP contribution < -0.4 is 0 Å². The lowest BCUT2D eigenvalue weighted by Crippen LogP contribution is -2.44. The molecule has 5 heteroatoms. The molecule has 2 fully saturated rings. The second-order valence-electron chi connectivity index (χ2n) is 7.12. The molecule has 0 amide bonds. The molecule has 0 saturated carbocycles. The summed E-state index contributed by atoms with van der Waals surface area (Å²) in [5.41, 5.74) is 1.21. The highest BCUT2D eigenvalue weighted by molar-refractivity contribution is 7.89. The van der Waals surface area contributed by atoms with Gasteiger partial charge in [0, 0.05) is 12.1 Å². The summed E-state index contributed by atoms with van der Waals surface area (Å²) in [4.78, 5) is 12.5. The van der Waals surface area contributed by atoms with Crippen LogP contribution in [0.25, 0.3) is 0 Å². The van der Waals surface area contributed by atoms with Crippen molar-refractivity contribution in [1.29, 1.82) is 0 Å². The van der Waals surface area contributed by atoms with Gasteiger partial charge in [-0.2, -0.15) is 4.31 Å². The maximum absolute atomic E-state index is 13.3. The van der Waals surface area contributed by atoms with Crippen molar-refractivity contribution in [3.8, 4) is 0 Å². The second-order valence-corrected chi connectivity index (χ2v) is 8.97. The number of sulfonamides is 1. The predicted molar refractivity (Wildman–Crippen MR) is 95.8 cm³/mol. The van der Waals surface area contributed by atoms with Gasteiger partial charge in [0.05, 0.1) is 10.3 Å². The number of fused-ring (bicyclic) bond motifs is 2. The van der Waals surface area contributed by atoms with Crippen LogP contribution in [0.3, 0.4) is 0 Å². The SMILES string of the molecule is Cc1ccc(S(=O)(=O)N2[C@H]3CC[C@@H]2[C@](C=O)(c2ccccc2)C3)cc1. The molecule has 4 rings (SSSR count). The molecule has 2 aliphatic heterocycles. The van der Waals surface area contributed by atoms with Gasteiger partial charge in [0.2, 0.25) is 10.0 Å². The molecule has 2 aromatic rings. The fraction of sp³-hybridized carbons (Fsp3) is 0.350. The molecular formula is C20H21NO3S. The quantitative estimate of drug-likeness (QED) is 0.792. The molecule has 0 N–H and O–H groups in total. The monoisotopic (exact) mass is 355 g/mol. The van der Waals surface area contributed by atoms with Crippen LogP contribution in [0.5, 0.6) is 0 Å². The summed E-state index contributed by atoms with van der Waals surface area (Å²) in [7, 11) is -3.61. The molecule has 2 heterocycles. The summed E-state index contributed by atoms with van der Waals surface area (Å²) in [6.45, 7) is 1.93. The van der Waals surface area contributed by atoms with Crippen molar-refractivity contribution >= 4 is 16.3 Å². The van der Waals surface area contributed by atoms with Crippen LogP contribution >= 0.6 is 0 Å². The molecule has 2 saturated heterocycles. The maximum atomic E-state index is 13.3. The topological polar surface area (TPSA) is 54.5 Å². The number of aryl methyl sites for hydroxylation is 1. The van der Waals surface area contributed by atoms with E-state index in [0.29, 0.717) is 11.3 Å². The Kier molecular flexibility index (Phi) is 3.81. The van der Waals surface area contributed by atoms with Gasteiger partial charge >= 0.3 is 0 Å². The third-order valence-electron chi connectivity index (χ3n) is 5.73. The summed E-state index contributed by atoms with van der Waals surface area (Å²) in [6, 6.07) is 16.1. The number of hydrogen-bond donors (Lipinski definition) is 0. The Balaban J connectivity index is 1.78. The number of rotatable bonds is 4. The average molecular weight is 355 g/mol. The number of nitrogens with zero attached hydrogens (tertiary/aromatic N) is 1. The molecule has 0 unspecified atom stereocenters. The van der Waals surface area contributed by atoms with Crippen LogP contribution in [0.15, 0.2) is 59.5 Å². The Hall–Kier alpha value is -1.98. The molecule has 2 bridgehead atoms. The lowest BCUT2D eigenvalue weighted by Gasteiger charge is -2.32. The van der Waals surface area contributed by atoms with Crippen molar-refractivity contribution in [2.24, 2.45) is 0 Å². The number of carbonyl (C=O) groups excluding carboxylic acids is 1. The van der Waals surface area contributed by atoms with Gasteiger partial charge in [-0.15, -0.1) is 0 Å². The van der Waals surface area contributed by atoms with Crippen LogP contribution in [0.4, 0.5) is 0 Å². The van der Waals surface area contributed by atoms with E-state index in [1.54, 1.807) is 16.4 Å². The summed E-state index contributed by atoms with van der Waals surface area (Å²) < 4.78 is 28.1. The number of aldehydes is 1. The Morgan fingerprint density at radius 1 is 1.04 bits per heavy atom. The van der Waals surface area contributed by atoms with Gasteiger partial charge in [-0.3, -0.25) is 0 Å². The Morgan fingerprint density at radius 2 is 1.72 bits per heavy atom. The van der Waals surface area contributed by atoms with Gasteiger partial charge in [0.15, 0.2) is 0 Å². The van der Waals surface area contributed by atoms with E-state index in [1.165, 1.54) is 0 Å². The van der Waals surface area contributed by atoms with Crippen LogP contribution in [-0.2, 0) is 20.2 Å². The molecule has 25 heavy (non-hydrogen) atoms. The minimum Gasteiger partial charge on any atom is -0.302 e. The van der Waals surface area contributed by atoms with Crippen LogP contribution in [0.1, 0.15) is 30.4 Å². The Labute approximate surface area is 148 Å². The van der Waals surface area contributed by atoms with Gasteiger partial charge in [-0.25, -0.2) is 8.42 Å². The van der Waals surface area contributed by atoms with Crippen LogP contribution in [0.2, 0.25) is 0 Å². The highest BCUT2D eigenvalue weighted by Gasteiger charge is 2.60. The second kappa shape index (κ2) is 5.78. The fourth-order valence-corrected chi connectivity index (χ4v) is 6.44. The van der Waals surface area contributed by atoms with E-state index in [9.17, 15) is 13.2 Å². The van der Waals surface area contributed by atoms with E-state index in [0.717, 1.165) is 30.3 Å². The van der Waals surface area contributed by atoms with E-state index in [4.69, 9.17) is 0 Å². The number of hydrogen-bond acceptors (Lipinski definition) is 3. The number of benzene rings is 2. The molecular weight excluding hydrogens is 334 g/mol.